The minimum Gasteiger partial charge on any atom is -0.459 e. The van der Waals surface area contributed by atoms with Crippen molar-refractivity contribution in [1.29, 1.82) is 5.26 Å². The number of ether oxygens (including phenoxy) is 1. The predicted molar refractivity (Wildman–Crippen MR) is 225 cm³/mol. The van der Waals surface area contributed by atoms with Crippen LogP contribution in [0.5, 0.6) is 6.01 Å². The molecule has 5 rings (SSSR count). The molecule has 302 valence electrons. The van der Waals surface area contributed by atoms with Gasteiger partial charge < -0.3 is 9.64 Å². The number of rotatable bonds is 13. The van der Waals surface area contributed by atoms with Gasteiger partial charge in [-0.2, -0.15) is 15.2 Å². The number of nitrogens with zero attached hydrogens (tertiary/aromatic N) is 5. The van der Waals surface area contributed by atoms with Crippen molar-refractivity contribution in [3.8, 4) is 23.2 Å². The molecular formula is C45H58F3N5O2S. The zero-order valence-corrected chi connectivity index (χ0v) is 35.9. The lowest BCUT2D eigenvalue weighted by Gasteiger charge is -2.34. The number of benzene rings is 2. The molecule has 56 heavy (non-hydrogen) atoms. The molecule has 0 amide bonds. The molecule has 3 heterocycles. The average Bonchev–Trinajstić information content (AvgIpc) is 3.74. The van der Waals surface area contributed by atoms with E-state index in [1.807, 2.05) is 47.9 Å². The van der Waals surface area contributed by atoms with E-state index in [0.29, 0.717) is 56.9 Å². The quantitative estimate of drug-likeness (QED) is 0.125. The second kappa shape index (κ2) is 18.8. The molecule has 0 N–H and O–H groups in total. The summed E-state index contributed by atoms with van der Waals surface area (Å²) >= 11 is 1.25. The number of aromatic nitrogens is 2. The van der Waals surface area contributed by atoms with Crippen LogP contribution in [0.15, 0.2) is 42.3 Å². The van der Waals surface area contributed by atoms with Gasteiger partial charge >= 0.3 is 6.01 Å². The highest BCUT2D eigenvalue weighted by Gasteiger charge is 2.34. The molecule has 4 aromatic rings. The Morgan fingerprint density at radius 3 is 2.36 bits per heavy atom. The molecule has 2 aromatic carbocycles. The van der Waals surface area contributed by atoms with Crippen molar-refractivity contribution in [3.63, 3.8) is 0 Å². The van der Waals surface area contributed by atoms with Gasteiger partial charge in [0.15, 0.2) is 11.6 Å². The number of hydrogen-bond donors (Lipinski definition) is 0. The van der Waals surface area contributed by atoms with Crippen LogP contribution in [0.25, 0.3) is 32.1 Å². The zero-order valence-electron chi connectivity index (χ0n) is 35.1. The fourth-order valence-corrected chi connectivity index (χ4v) is 8.77. The van der Waals surface area contributed by atoms with Crippen molar-refractivity contribution in [1.82, 2.24) is 14.9 Å². The summed E-state index contributed by atoms with van der Waals surface area (Å²) < 4.78 is 53.6. The SMILES string of the molecule is C=CC(C)=O.CCC(C)CCC(C(C)C)N(C)c1nc(OC(C)C2C/C(=C(\C)F)CN2C)nc2c(F)c(-c3ccc(F)c4sc(C(C)C)c(C#N)c34)c(C)cc12. The molecule has 0 bridgehead atoms. The van der Waals surface area contributed by atoms with Crippen LogP contribution in [0.4, 0.5) is 19.0 Å². The molecule has 1 saturated heterocycles. The number of fused-ring (bicyclic) bond motifs is 2. The number of ketones is 1. The van der Waals surface area contributed by atoms with Crippen LogP contribution >= 0.6 is 11.3 Å². The Balaban J connectivity index is 0.00000131. The van der Waals surface area contributed by atoms with E-state index in [2.05, 4.69) is 50.1 Å². The summed E-state index contributed by atoms with van der Waals surface area (Å²) in [5, 5.41) is 11.2. The number of carbonyl (C=O) groups excluding carboxylic acids is 1. The second-order valence-corrected chi connectivity index (χ2v) is 17.0. The topological polar surface area (TPSA) is 82.4 Å². The summed E-state index contributed by atoms with van der Waals surface area (Å²) in [4.78, 5) is 24.4. The molecular weight excluding hydrogens is 732 g/mol. The first kappa shape index (κ1) is 44.4. The Kier molecular flexibility index (Phi) is 14.9. The first-order chi connectivity index (χ1) is 26.4. The standard InChI is InChI=1S/C41H52F3N5OS.C4H6O/c1-12-23(6)13-16-32(21(2)3)49(11)40-29-17-24(7)34(28-14-15-31(43)39-35(28)30(19-45)38(51-39)22(4)5)36(44)37(29)46-41(47-40)50-26(9)33-18-27(25(8)42)20-48(33)10;1-3-4(2)5/h14-15,17,21-23,26,32-33H,12-13,16,18,20H2,1-11H3;3H,1H2,2H3/b27-25-;. The number of allylic oxidation sites excluding steroid dienone is 2. The Morgan fingerprint density at radius 1 is 1.16 bits per heavy atom. The number of likely N-dealkylation sites (tertiary alicyclic amines) is 1. The Bertz CT molecular complexity index is 2150. The Morgan fingerprint density at radius 2 is 1.82 bits per heavy atom. The first-order valence-corrected chi connectivity index (χ1v) is 20.4. The summed E-state index contributed by atoms with van der Waals surface area (Å²) in [6, 6.07) is 7.15. The number of thiophene rings is 1. The van der Waals surface area contributed by atoms with E-state index in [4.69, 9.17) is 14.7 Å². The maximum Gasteiger partial charge on any atom is 0.319 e. The van der Waals surface area contributed by atoms with Crippen LogP contribution in [0.3, 0.4) is 0 Å². The van der Waals surface area contributed by atoms with E-state index < -0.39 is 17.7 Å². The molecule has 1 aliphatic heterocycles. The van der Waals surface area contributed by atoms with Crippen LogP contribution in [-0.4, -0.2) is 59.5 Å². The lowest BCUT2D eigenvalue weighted by atomic mass is 9.91. The fraction of sp³-hybridized carbons (Fsp3) is 0.511. The van der Waals surface area contributed by atoms with Crippen molar-refractivity contribution in [3.05, 3.63) is 69.9 Å². The van der Waals surface area contributed by atoms with E-state index in [0.717, 1.165) is 29.7 Å². The van der Waals surface area contributed by atoms with Gasteiger partial charge in [0.25, 0.3) is 0 Å². The highest BCUT2D eigenvalue weighted by Crippen LogP contribution is 2.45. The number of carbonyl (C=O) groups is 1. The molecule has 1 fully saturated rings. The number of likely N-dealkylation sites (N-methyl/N-ethyl adjacent to an activating group) is 1. The van der Waals surface area contributed by atoms with Gasteiger partial charge in [0.1, 0.15) is 29.3 Å². The van der Waals surface area contributed by atoms with Crippen LogP contribution in [0.1, 0.15) is 110 Å². The van der Waals surface area contributed by atoms with E-state index in [9.17, 15) is 14.4 Å². The summed E-state index contributed by atoms with van der Waals surface area (Å²) in [6.45, 7) is 23.2. The minimum atomic E-state index is -0.578. The van der Waals surface area contributed by atoms with Crippen molar-refractivity contribution >= 4 is 43.9 Å². The molecule has 0 saturated carbocycles. The van der Waals surface area contributed by atoms with E-state index in [1.165, 1.54) is 37.3 Å². The summed E-state index contributed by atoms with van der Waals surface area (Å²) in [6.07, 6.45) is 4.45. The van der Waals surface area contributed by atoms with Gasteiger partial charge in [-0.25, -0.2) is 13.2 Å². The summed E-state index contributed by atoms with van der Waals surface area (Å²) in [5.74, 6) is 0.237. The molecule has 7 nitrogen and oxygen atoms in total. The van der Waals surface area contributed by atoms with Crippen LogP contribution in [0, 0.1) is 41.7 Å². The second-order valence-electron chi connectivity index (χ2n) is 16.0. The molecule has 4 unspecified atom stereocenters. The number of aryl methyl sites for hydroxylation is 1. The molecule has 2 aromatic heterocycles. The van der Waals surface area contributed by atoms with Gasteiger partial charge in [0.05, 0.1) is 22.1 Å². The Labute approximate surface area is 335 Å². The van der Waals surface area contributed by atoms with Crippen molar-refractivity contribution in [2.75, 3.05) is 25.5 Å². The molecule has 1 aliphatic rings. The van der Waals surface area contributed by atoms with Gasteiger partial charge in [-0.05, 0) is 107 Å². The van der Waals surface area contributed by atoms with E-state index >= 15 is 8.78 Å². The maximum absolute atomic E-state index is 17.4. The summed E-state index contributed by atoms with van der Waals surface area (Å²) in [7, 11) is 3.94. The normalized spacial score (nSPS) is 17.1. The van der Waals surface area contributed by atoms with Crippen LogP contribution < -0.4 is 9.64 Å². The number of hydrogen-bond acceptors (Lipinski definition) is 8. The lowest BCUT2D eigenvalue weighted by Crippen LogP contribution is -2.39. The van der Waals surface area contributed by atoms with Crippen molar-refractivity contribution in [2.24, 2.45) is 11.8 Å². The molecule has 0 spiro atoms. The Hall–Kier alpha value is -4.27. The molecule has 11 heteroatoms. The predicted octanol–water partition coefficient (Wildman–Crippen LogP) is 11.9. The first-order valence-electron chi connectivity index (χ1n) is 19.6. The third-order valence-corrected chi connectivity index (χ3v) is 12.6. The van der Waals surface area contributed by atoms with Crippen molar-refractivity contribution in [2.45, 2.75) is 119 Å². The summed E-state index contributed by atoms with van der Waals surface area (Å²) in [5.41, 5.74) is 2.55. The van der Waals surface area contributed by atoms with E-state index in [-0.39, 0.29) is 52.6 Å². The third kappa shape index (κ3) is 9.46. The van der Waals surface area contributed by atoms with Gasteiger partial charge in [0.2, 0.25) is 0 Å². The van der Waals surface area contributed by atoms with Gasteiger partial charge in [-0.3, -0.25) is 9.69 Å². The van der Waals surface area contributed by atoms with Crippen LogP contribution in [0.2, 0.25) is 0 Å². The molecule has 0 radical (unpaired) electrons. The number of anilines is 1. The highest BCUT2D eigenvalue weighted by atomic mass is 32.1. The van der Waals surface area contributed by atoms with Gasteiger partial charge in [-0.1, -0.05) is 60.6 Å². The lowest BCUT2D eigenvalue weighted by molar-refractivity contribution is -0.112. The third-order valence-electron chi connectivity index (χ3n) is 11.1. The fourth-order valence-electron chi connectivity index (χ4n) is 7.59. The van der Waals surface area contributed by atoms with E-state index in [1.54, 1.807) is 6.07 Å². The van der Waals surface area contributed by atoms with Crippen molar-refractivity contribution < 1.29 is 22.7 Å². The maximum atomic E-state index is 17.4. The highest BCUT2D eigenvalue weighted by molar-refractivity contribution is 7.19. The smallest absolute Gasteiger partial charge is 0.319 e. The minimum absolute atomic E-state index is 0.00658. The van der Waals surface area contributed by atoms with Crippen LogP contribution in [-0.2, 0) is 4.79 Å². The van der Waals surface area contributed by atoms with Gasteiger partial charge in [0, 0.05) is 40.8 Å². The average molecular weight is 790 g/mol. The largest absolute Gasteiger partial charge is 0.459 e. The molecule has 0 aliphatic carbocycles. The molecule has 4 atom stereocenters. The monoisotopic (exact) mass is 789 g/mol. The zero-order chi connectivity index (χ0) is 41.8. The van der Waals surface area contributed by atoms with Gasteiger partial charge in [-0.15, -0.1) is 11.3 Å². The number of halogens is 3. The number of nitriles is 1.